The van der Waals surface area contributed by atoms with Crippen LogP contribution in [-0.4, -0.2) is 11.9 Å². The highest BCUT2D eigenvalue weighted by molar-refractivity contribution is 5.51. The molecule has 1 aliphatic heterocycles. The van der Waals surface area contributed by atoms with Crippen molar-refractivity contribution in [2.75, 3.05) is 0 Å². The topological polar surface area (TPSA) is 21.6 Å². The smallest absolute Gasteiger partial charge is 0.176 e. The molecule has 0 N–H and O–H groups in total. The van der Waals surface area contributed by atoms with Gasteiger partial charge in [0.05, 0.1) is 5.54 Å². The van der Waals surface area contributed by atoms with Crippen molar-refractivity contribution in [1.82, 2.24) is 0 Å². The fourth-order valence-electron chi connectivity index (χ4n) is 0.814. The summed E-state index contributed by atoms with van der Waals surface area (Å²) in [7, 11) is 0. The van der Waals surface area contributed by atoms with E-state index in [2.05, 4.69) is 4.99 Å². The molecule has 2 heteroatoms. The van der Waals surface area contributed by atoms with Crippen LogP contribution in [0.3, 0.4) is 0 Å². The lowest BCUT2D eigenvalue weighted by molar-refractivity contribution is 0.398. The monoisotopic (exact) mass is 125 g/mol. The molecule has 0 unspecified atom stereocenters. The van der Waals surface area contributed by atoms with Gasteiger partial charge in [-0.1, -0.05) is 0 Å². The van der Waals surface area contributed by atoms with E-state index < -0.39 is 0 Å². The molecule has 0 bridgehead atoms. The molecule has 2 nitrogen and oxygen atoms in total. The Labute approximate surface area is 55.2 Å². The standard InChI is InChI=1S/C7H11NO/c1-6-4-7(2,3)8-5-9-6/h4-5H,1-3H3. The zero-order chi connectivity index (χ0) is 6.91. The Balaban J connectivity index is 2.78. The maximum Gasteiger partial charge on any atom is 0.176 e. The fraction of sp³-hybridized carbons (Fsp3) is 0.571. The minimum absolute atomic E-state index is 0.0671. The van der Waals surface area contributed by atoms with Crippen molar-refractivity contribution in [3.63, 3.8) is 0 Å². The minimum Gasteiger partial charge on any atom is -0.451 e. The average molecular weight is 125 g/mol. The van der Waals surface area contributed by atoms with E-state index in [0.717, 1.165) is 5.76 Å². The predicted octanol–water partition coefficient (Wildman–Crippen LogP) is 1.73. The molecule has 0 spiro atoms. The lowest BCUT2D eigenvalue weighted by Crippen LogP contribution is -2.17. The van der Waals surface area contributed by atoms with E-state index in [4.69, 9.17) is 4.74 Å². The minimum atomic E-state index is -0.0671. The molecule has 9 heavy (non-hydrogen) atoms. The first kappa shape index (κ1) is 6.33. The maximum absolute atomic E-state index is 4.98. The van der Waals surface area contributed by atoms with E-state index in [1.54, 1.807) is 0 Å². The highest BCUT2D eigenvalue weighted by Crippen LogP contribution is 2.16. The lowest BCUT2D eigenvalue weighted by atomic mass is 10.1. The van der Waals surface area contributed by atoms with Gasteiger partial charge in [0.25, 0.3) is 0 Å². The van der Waals surface area contributed by atoms with Crippen molar-refractivity contribution in [2.24, 2.45) is 4.99 Å². The van der Waals surface area contributed by atoms with Crippen molar-refractivity contribution in [3.05, 3.63) is 11.8 Å². The normalized spacial score (nSPS) is 22.8. The average Bonchev–Trinajstić information content (AvgIpc) is 1.60. The van der Waals surface area contributed by atoms with Crippen molar-refractivity contribution in [1.29, 1.82) is 0 Å². The molecule has 0 atom stereocenters. The number of nitrogens with zero attached hydrogens (tertiary/aromatic N) is 1. The van der Waals surface area contributed by atoms with Crippen LogP contribution in [0.15, 0.2) is 16.8 Å². The lowest BCUT2D eigenvalue weighted by Gasteiger charge is -2.18. The Morgan fingerprint density at radius 2 is 2.22 bits per heavy atom. The van der Waals surface area contributed by atoms with Crippen molar-refractivity contribution in [3.8, 4) is 0 Å². The van der Waals surface area contributed by atoms with Crippen LogP contribution in [0.5, 0.6) is 0 Å². The van der Waals surface area contributed by atoms with Crippen LogP contribution in [0.1, 0.15) is 20.8 Å². The van der Waals surface area contributed by atoms with Gasteiger partial charge in [-0.3, -0.25) is 0 Å². The molecule has 0 aromatic carbocycles. The van der Waals surface area contributed by atoms with E-state index in [1.807, 2.05) is 26.8 Å². The zero-order valence-electron chi connectivity index (χ0n) is 6.01. The van der Waals surface area contributed by atoms with E-state index in [1.165, 1.54) is 6.40 Å². The van der Waals surface area contributed by atoms with Crippen molar-refractivity contribution < 1.29 is 4.74 Å². The molecule has 0 aromatic heterocycles. The molecule has 0 amide bonds. The number of ether oxygens (including phenoxy) is 1. The van der Waals surface area contributed by atoms with E-state index in [-0.39, 0.29) is 5.54 Å². The second-order valence-corrected chi connectivity index (χ2v) is 2.76. The molecule has 50 valence electrons. The van der Waals surface area contributed by atoms with Crippen LogP contribution in [0.25, 0.3) is 0 Å². The number of allylic oxidation sites excluding steroid dienone is 1. The van der Waals surface area contributed by atoms with Gasteiger partial charge in [0.15, 0.2) is 6.40 Å². The highest BCUT2D eigenvalue weighted by Gasteiger charge is 2.15. The molecular formula is C7H11NO. The quantitative estimate of drug-likeness (QED) is 0.483. The van der Waals surface area contributed by atoms with Crippen LogP contribution in [0, 0.1) is 0 Å². The fourth-order valence-corrected chi connectivity index (χ4v) is 0.814. The summed E-state index contributed by atoms with van der Waals surface area (Å²) in [5, 5.41) is 0. The molecule has 0 saturated carbocycles. The summed E-state index contributed by atoms with van der Waals surface area (Å²) in [6.07, 6.45) is 3.49. The van der Waals surface area contributed by atoms with Crippen LogP contribution >= 0.6 is 0 Å². The van der Waals surface area contributed by atoms with Gasteiger partial charge >= 0.3 is 0 Å². The van der Waals surface area contributed by atoms with Crippen LogP contribution in [-0.2, 0) is 4.74 Å². The van der Waals surface area contributed by atoms with Gasteiger partial charge in [-0.2, -0.15) is 0 Å². The van der Waals surface area contributed by atoms with E-state index in [0.29, 0.717) is 0 Å². The summed E-state index contributed by atoms with van der Waals surface area (Å²) in [4.78, 5) is 4.09. The van der Waals surface area contributed by atoms with Crippen molar-refractivity contribution >= 4 is 6.40 Å². The van der Waals surface area contributed by atoms with Gasteiger partial charge in [-0.25, -0.2) is 4.99 Å². The molecule has 0 fully saturated rings. The third-order valence-corrected chi connectivity index (χ3v) is 1.18. The SMILES string of the molecule is CC1=CC(C)(C)N=CO1. The van der Waals surface area contributed by atoms with Gasteiger partial charge in [-0.15, -0.1) is 0 Å². The third kappa shape index (κ3) is 1.56. The van der Waals surface area contributed by atoms with Crippen molar-refractivity contribution in [2.45, 2.75) is 26.3 Å². The molecule has 0 aromatic rings. The van der Waals surface area contributed by atoms with Gasteiger partial charge in [-0.05, 0) is 26.8 Å². The first-order valence-electron chi connectivity index (χ1n) is 3.00. The Bertz CT molecular complexity index is 168. The maximum atomic E-state index is 4.98. The molecule has 1 aliphatic rings. The molecule has 1 heterocycles. The van der Waals surface area contributed by atoms with Gasteiger partial charge in [0.2, 0.25) is 0 Å². The second kappa shape index (κ2) is 1.87. The molecule has 0 radical (unpaired) electrons. The Kier molecular flexibility index (Phi) is 1.31. The van der Waals surface area contributed by atoms with Gasteiger partial charge in [0, 0.05) is 0 Å². The number of hydrogen-bond donors (Lipinski definition) is 0. The highest BCUT2D eigenvalue weighted by atomic mass is 16.5. The van der Waals surface area contributed by atoms with E-state index >= 15 is 0 Å². The largest absolute Gasteiger partial charge is 0.451 e. The van der Waals surface area contributed by atoms with E-state index in [9.17, 15) is 0 Å². The first-order valence-corrected chi connectivity index (χ1v) is 3.00. The first-order chi connectivity index (χ1) is 4.10. The predicted molar refractivity (Wildman–Crippen MR) is 37.4 cm³/mol. The summed E-state index contributed by atoms with van der Waals surface area (Å²) in [6, 6.07) is 0. The number of aliphatic imine (C=N–C) groups is 1. The summed E-state index contributed by atoms with van der Waals surface area (Å²) in [5.74, 6) is 0.926. The zero-order valence-corrected chi connectivity index (χ0v) is 6.01. The third-order valence-electron chi connectivity index (χ3n) is 1.18. The summed E-state index contributed by atoms with van der Waals surface area (Å²) >= 11 is 0. The van der Waals surface area contributed by atoms with Gasteiger partial charge in [0.1, 0.15) is 5.76 Å². The van der Waals surface area contributed by atoms with Crippen LogP contribution in [0.4, 0.5) is 0 Å². The Hall–Kier alpha value is -0.790. The van der Waals surface area contributed by atoms with Crippen LogP contribution < -0.4 is 0 Å². The molecular weight excluding hydrogens is 114 g/mol. The second-order valence-electron chi connectivity index (χ2n) is 2.76. The summed E-state index contributed by atoms with van der Waals surface area (Å²) < 4.78 is 4.98. The number of rotatable bonds is 0. The molecule has 0 saturated heterocycles. The summed E-state index contributed by atoms with van der Waals surface area (Å²) in [5.41, 5.74) is -0.0671. The summed E-state index contributed by atoms with van der Waals surface area (Å²) in [6.45, 7) is 6.00. The molecule has 1 rings (SSSR count). The molecule has 0 aliphatic carbocycles. The number of hydrogen-bond acceptors (Lipinski definition) is 2. The Morgan fingerprint density at radius 3 is 2.56 bits per heavy atom. The Morgan fingerprint density at radius 1 is 1.56 bits per heavy atom. The van der Waals surface area contributed by atoms with Crippen LogP contribution in [0.2, 0.25) is 0 Å². The van der Waals surface area contributed by atoms with Gasteiger partial charge < -0.3 is 4.74 Å².